The van der Waals surface area contributed by atoms with Gasteiger partial charge in [0.2, 0.25) is 0 Å². The molecule has 0 fully saturated rings. The Hall–Kier alpha value is -2.42. The molecule has 0 atom stereocenters. The molecule has 0 radical (unpaired) electrons. The molecule has 0 bridgehead atoms. The van der Waals surface area contributed by atoms with Crippen LogP contribution in [0.3, 0.4) is 0 Å². The number of thiophene rings is 2. The summed E-state index contributed by atoms with van der Waals surface area (Å²) in [6, 6.07) is 27.6. The predicted octanol–water partition coefficient (Wildman–Crippen LogP) is 19.4. The highest BCUT2D eigenvalue weighted by Gasteiger charge is 2.06. The molecule has 0 aliphatic carbocycles. The minimum Gasteiger partial charge on any atom is -0.140 e. The zero-order valence-corrected chi connectivity index (χ0v) is 37.7. The lowest BCUT2D eigenvalue weighted by Crippen LogP contribution is -1.84. The normalized spacial score (nSPS) is 11.7. The summed E-state index contributed by atoms with van der Waals surface area (Å²) in [4.78, 5) is 5.87. The van der Waals surface area contributed by atoms with Crippen LogP contribution in [0.25, 0.3) is 33.0 Å². The van der Waals surface area contributed by atoms with Crippen LogP contribution in [-0.2, 0) is 12.8 Å². The van der Waals surface area contributed by atoms with Gasteiger partial charge >= 0.3 is 0 Å². The average molecular weight is 793 g/mol. The zero-order chi connectivity index (χ0) is 39.1. The Morgan fingerprint density at radius 1 is 0.304 bits per heavy atom. The molecule has 0 unspecified atom stereocenters. The van der Waals surface area contributed by atoms with E-state index in [1.807, 2.05) is 22.7 Å². The van der Waals surface area contributed by atoms with Gasteiger partial charge in [0.05, 0.1) is 0 Å². The van der Waals surface area contributed by atoms with Gasteiger partial charge in [0, 0.05) is 19.5 Å². The Kier molecular flexibility index (Phi) is 25.3. The third-order valence-electron chi connectivity index (χ3n) is 11.7. The standard InChI is InChI=1S/C54H80S2/c1-3-5-7-9-11-13-15-17-19-21-23-25-27-29-31-51-43-45-53(55-51)49-39-35-47(36-40-49)33-34-48-37-41-50(42-38-48)54-46-44-52(56-54)32-30-28-26-24-22-20-18-16-14-12-10-8-6-4-2/h33-46H,3-32H2,1-2H3/b34-33+. The number of benzene rings is 2. The van der Waals surface area contributed by atoms with Crippen molar-refractivity contribution in [1.29, 1.82) is 0 Å². The number of rotatable bonds is 34. The number of unbranched alkanes of at least 4 members (excludes halogenated alkanes) is 26. The van der Waals surface area contributed by atoms with Crippen LogP contribution in [0, 0.1) is 0 Å². The highest BCUT2D eigenvalue weighted by Crippen LogP contribution is 2.31. The van der Waals surface area contributed by atoms with E-state index in [-0.39, 0.29) is 0 Å². The first-order valence-corrected chi connectivity index (χ1v) is 25.4. The van der Waals surface area contributed by atoms with E-state index in [9.17, 15) is 0 Å². The SMILES string of the molecule is CCCCCCCCCCCCCCCCc1ccc(-c2ccc(/C=C/c3ccc(-c4ccc(CCCCCCCCCCCCCCCC)s4)cc3)cc2)s1. The molecular weight excluding hydrogens is 713 g/mol. The minimum absolute atomic E-state index is 1.23. The lowest BCUT2D eigenvalue weighted by atomic mass is 10.0. The molecule has 0 saturated heterocycles. The Balaban J connectivity index is 1.04. The molecule has 2 aromatic carbocycles. The maximum Gasteiger partial charge on any atom is 0.0345 e. The van der Waals surface area contributed by atoms with Crippen molar-refractivity contribution in [3.63, 3.8) is 0 Å². The first kappa shape index (κ1) is 46.3. The van der Waals surface area contributed by atoms with Crippen molar-refractivity contribution < 1.29 is 0 Å². The van der Waals surface area contributed by atoms with E-state index < -0.39 is 0 Å². The fourth-order valence-electron chi connectivity index (χ4n) is 8.03. The van der Waals surface area contributed by atoms with Gasteiger partial charge in [-0.15, -0.1) is 22.7 Å². The van der Waals surface area contributed by atoms with Crippen molar-refractivity contribution in [1.82, 2.24) is 0 Å². The first-order valence-electron chi connectivity index (χ1n) is 23.8. The van der Waals surface area contributed by atoms with Gasteiger partial charge in [-0.2, -0.15) is 0 Å². The van der Waals surface area contributed by atoms with Crippen molar-refractivity contribution in [3.05, 3.63) is 93.7 Å². The van der Waals surface area contributed by atoms with Gasteiger partial charge in [0.25, 0.3) is 0 Å². The van der Waals surface area contributed by atoms with E-state index in [0.717, 1.165) is 0 Å². The van der Waals surface area contributed by atoms with Crippen LogP contribution in [-0.4, -0.2) is 0 Å². The summed E-state index contributed by atoms with van der Waals surface area (Å²) >= 11 is 3.96. The second-order valence-corrected chi connectivity index (χ2v) is 19.1. The monoisotopic (exact) mass is 793 g/mol. The molecule has 4 aromatic rings. The summed E-state index contributed by atoms with van der Waals surface area (Å²) in [6.45, 7) is 4.61. The fourth-order valence-corrected chi connectivity index (χ4v) is 10.1. The number of aryl methyl sites for hydroxylation is 2. The molecule has 308 valence electrons. The number of hydrogen-bond acceptors (Lipinski definition) is 2. The molecule has 0 spiro atoms. The van der Waals surface area contributed by atoms with E-state index in [1.54, 1.807) is 0 Å². The molecule has 56 heavy (non-hydrogen) atoms. The van der Waals surface area contributed by atoms with Crippen molar-refractivity contribution in [2.75, 3.05) is 0 Å². The lowest BCUT2D eigenvalue weighted by Gasteiger charge is -2.03. The highest BCUT2D eigenvalue weighted by molar-refractivity contribution is 7.15. The van der Waals surface area contributed by atoms with E-state index in [2.05, 4.69) is 98.8 Å². The largest absolute Gasteiger partial charge is 0.140 e. The molecule has 0 nitrogen and oxygen atoms in total. The van der Waals surface area contributed by atoms with Gasteiger partial charge in [0.15, 0.2) is 0 Å². The first-order chi connectivity index (χ1) is 27.7. The van der Waals surface area contributed by atoms with E-state index >= 15 is 0 Å². The molecule has 0 amide bonds. The van der Waals surface area contributed by atoms with Crippen LogP contribution in [0.2, 0.25) is 0 Å². The second-order valence-electron chi connectivity index (χ2n) is 16.8. The minimum atomic E-state index is 1.23. The van der Waals surface area contributed by atoms with Gasteiger partial charge < -0.3 is 0 Å². The van der Waals surface area contributed by atoms with Crippen LogP contribution < -0.4 is 0 Å². The van der Waals surface area contributed by atoms with Crippen molar-refractivity contribution in [3.8, 4) is 20.9 Å². The highest BCUT2D eigenvalue weighted by atomic mass is 32.1. The zero-order valence-electron chi connectivity index (χ0n) is 36.1. The van der Waals surface area contributed by atoms with Crippen LogP contribution in [0.5, 0.6) is 0 Å². The quantitative estimate of drug-likeness (QED) is 0.0326. The third-order valence-corrected chi connectivity index (χ3v) is 14.1. The lowest BCUT2D eigenvalue weighted by molar-refractivity contribution is 0.536. The summed E-state index contributed by atoms with van der Waals surface area (Å²) < 4.78 is 0. The molecule has 0 saturated carbocycles. The summed E-state index contributed by atoms with van der Waals surface area (Å²) in [5, 5.41) is 0. The Morgan fingerprint density at radius 3 is 0.857 bits per heavy atom. The Labute approximate surface area is 354 Å². The average Bonchev–Trinajstić information content (AvgIpc) is 3.91. The van der Waals surface area contributed by atoms with Gasteiger partial charge in [-0.1, -0.05) is 241 Å². The maximum absolute atomic E-state index is 2.36. The topological polar surface area (TPSA) is 0 Å². The smallest absolute Gasteiger partial charge is 0.0345 e. The summed E-state index contributed by atoms with van der Waals surface area (Å²) in [7, 11) is 0. The van der Waals surface area contributed by atoms with Gasteiger partial charge in [-0.25, -0.2) is 0 Å². The predicted molar refractivity (Wildman–Crippen MR) is 256 cm³/mol. The van der Waals surface area contributed by atoms with Crippen LogP contribution >= 0.6 is 22.7 Å². The van der Waals surface area contributed by atoms with Crippen molar-refractivity contribution in [2.45, 2.75) is 206 Å². The Bertz CT molecular complexity index is 1400. The molecule has 0 aliphatic rings. The summed E-state index contributed by atoms with van der Waals surface area (Å²) in [6.07, 6.45) is 46.8. The summed E-state index contributed by atoms with van der Waals surface area (Å²) in [5.74, 6) is 0. The fraction of sp³-hybridized carbons (Fsp3) is 0.593. The van der Waals surface area contributed by atoms with Crippen LogP contribution in [0.4, 0.5) is 0 Å². The van der Waals surface area contributed by atoms with Crippen LogP contribution in [0.15, 0.2) is 72.8 Å². The van der Waals surface area contributed by atoms with Gasteiger partial charge in [0.1, 0.15) is 0 Å². The molecule has 4 rings (SSSR count). The van der Waals surface area contributed by atoms with Gasteiger partial charge in [-0.3, -0.25) is 0 Å². The molecule has 0 N–H and O–H groups in total. The number of hydrogen-bond donors (Lipinski definition) is 0. The van der Waals surface area contributed by atoms with E-state index in [4.69, 9.17) is 0 Å². The molecule has 2 aromatic heterocycles. The molecule has 0 aliphatic heterocycles. The second kappa shape index (κ2) is 30.6. The third kappa shape index (κ3) is 20.3. The van der Waals surface area contributed by atoms with Crippen LogP contribution in [0.1, 0.15) is 215 Å². The van der Waals surface area contributed by atoms with Crippen molar-refractivity contribution in [2.24, 2.45) is 0 Å². The summed E-state index contributed by atoms with van der Waals surface area (Å²) in [5.41, 5.74) is 5.18. The van der Waals surface area contributed by atoms with Crippen molar-refractivity contribution >= 4 is 34.8 Å². The van der Waals surface area contributed by atoms with Gasteiger partial charge in [-0.05, 0) is 72.2 Å². The van der Waals surface area contributed by atoms with E-state index in [1.165, 1.54) is 234 Å². The van der Waals surface area contributed by atoms with E-state index in [0.29, 0.717) is 0 Å². The molecule has 2 heteroatoms. The maximum atomic E-state index is 2.36. The Morgan fingerprint density at radius 2 is 0.571 bits per heavy atom. The molecule has 2 heterocycles. The molecular formula is C54H80S2.